The number of carbonyl (C=O) groups excluding carboxylic acids is 2. The van der Waals surface area contributed by atoms with Crippen LogP contribution in [-0.4, -0.2) is 53.2 Å². The number of aliphatic hydroxyl groups is 2. The van der Waals surface area contributed by atoms with Crippen LogP contribution in [0.3, 0.4) is 0 Å². The molecule has 0 radical (unpaired) electrons. The lowest BCUT2D eigenvalue weighted by atomic mass is 10.1. The molecule has 20 heavy (non-hydrogen) atoms. The van der Waals surface area contributed by atoms with Gasteiger partial charge >= 0.3 is 5.91 Å². The van der Waals surface area contributed by atoms with E-state index >= 15 is 0 Å². The van der Waals surface area contributed by atoms with Crippen molar-refractivity contribution in [2.75, 3.05) is 20.6 Å². The summed E-state index contributed by atoms with van der Waals surface area (Å²) in [6.07, 6.45) is -0.593. The Kier molecular flexibility index (Phi) is 5.38. The summed E-state index contributed by atoms with van der Waals surface area (Å²) in [5.74, 6) is -1.38. The number of nitrogens with one attached hydrogen (secondary N) is 1. The molecule has 0 aromatic heterocycles. The van der Waals surface area contributed by atoms with Gasteiger partial charge in [-0.2, -0.15) is 5.43 Å². The first-order valence-corrected chi connectivity index (χ1v) is 6.33. The average molecular weight is 281 g/mol. The fourth-order valence-electron chi connectivity index (χ4n) is 1.92. The highest BCUT2D eigenvalue weighted by Gasteiger charge is 2.26. The Morgan fingerprint density at radius 3 is 2.25 bits per heavy atom. The number of ketones is 1. The minimum atomic E-state index is -0.729. The molecule has 0 heterocycles. The van der Waals surface area contributed by atoms with Crippen molar-refractivity contribution in [3.63, 3.8) is 0 Å². The lowest BCUT2D eigenvalue weighted by Crippen LogP contribution is -2.58. The van der Waals surface area contributed by atoms with Gasteiger partial charge in [-0.25, -0.2) is 4.59 Å². The summed E-state index contributed by atoms with van der Waals surface area (Å²) in [4.78, 5) is 23.8. The van der Waals surface area contributed by atoms with Gasteiger partial charge in [0, 0.05) is 5.56 Å². The van der Waals surface area contributed by atoms with Crippen molar-refractivity contribution in [3.05, 3.63) is 35.4 Å². The molecule has 3 N–H and O–H groups in total. The molecule has 6 nitrogen and oxygen atoms in total. The topological polar surface area (TPSA) is 86.6 Å². The molecule has 1 aromatic carbocycles. The SMILES string of the molecule is CC(O)C[N+](C)(C)NC(=O)C(=O)c1ccc(CO)cc1. The molecule has 0 saturated carbocycles. The fourth-order valence-corrected chi connectivity index (χ4v) is 1.92. The second-order valence-corrected chi connectivity index (χ2v) is 5.34. The average Bonchev–Trinajstić information content (AvgIpc) is 2.35. The Morgan fingerprint density at radius 1 is 1.25 bits per heavy atom. The van der Waals surface area contributed by atoms with Crippen LogP contribution >= 0.6 is 0 Å². The maximum atomic E-state index is 12.0. The molecule has 0 fully saturated rings. The molecule has 0 aliphatic heterocycles. The zero-order valence-corrected chi connectivity index (χ0v) is 12.0. The van der Waals surface area contributed by atoms with Crippen LogP contribution in [0, 0.1) is 0 Å². The van der Waals surface area contributed by atoms with Gasteiger partial charge in [0.1, 0.15) is 12.6 Å². The van der Waals surface area contributed by atoms with Gasteiger partial charge in [-0.15, -0.1) is 0 Å². The molecule has 1 unspecified atom stereocenters. The number of amides is 1. The molecule has 110 valence electrons. The van der Waals surface area contributed by atoms with Crippen molar-refractivity contribution in [1.29, 1.82) is 0 Å². The number of aliphatic hydroxyl groups excluding tert-OH is 2. The van der Waals surface area contributed by atoms with Crippen molar-refractivity contribution >= 4 is 11.7 Å². The monoisotopic (exact) mass is 281 g/mol. The van der Waals surface area contributed by atoms with Crippen LogP contribution in [0.5, 0.6) is 0 Å². The highest BCUT2D eigenvalue weighted by molar-refractivity contribution is 6.42. The van der Waals surface area contributed by atoms with E-state index in [4.69, 9.17) is 5.11 Å². The van der Waals surface area contributed by atoms with E-state index in [0.29, 0.717) is 12.1 Å². The summed E-state index contributed by atoms with van der Waals surface area (Å²) in [5.41, 5.74) is 3.49. The van der Waals surface area contributed by atoms with E-state index in [1.54, 1.807) is 33.2 Å². The number of rotatable bonds is 6. The predicted molar refractivity (Wildman–Crippen MR) is 73.5 cm³/mol. The van der Waals surface area contributed by atoms with E-state index in [1.807, 2.05) is 0 Å². The summed E-state index contributed by atoms with van der Waals surface area (Å²) in [6, 6.07) is 6.19. The van der Waals surface area contributed by atoms with E-state index < -0.39 is 17.8 Å². The highest BCUT2D eigenvalue weighted by atomic mass is 16.3. The summed E-state index contributed by atoms with van der Waals surface area (Å²) in [7, 11) is 3.37. The Bertz CT molecular complexity index is 480. The molecule has 1 amide bonds. The Hall–Kier alpha value is -1.76. The van der Waals surface area contributed by atoms with Gasteiger partial charge < -0.3 is 10.2 Å². The molecule has 1 rings (SSSR count). The zero-order chi connectivity index (χ0) is 15.3. The summed E-state index contributed by atoms with van der Waals surface area (Å²) in [6.45, 7) is 1.79. The fraction of sp³-hybridized carbons (Fsp3) is 0.429. The summed E-state index contributed by atoms with van der Waals surface area (Å²) >= 11 is 0. The van der Waals surface area contributed by atoms with Crippen LogP contribution in [0.15, 0.2) is 24.3 Å². The van der Waals surface area contributed by atoms with Gasteiger partial charge in [0.15, 0.2) is 0 Å². The van der Waals surface area contributed by atoms with Crippen molar-refractivity contribution in [2.24, 2.45) is 0 Å². The number of Topliss-reactive ketones (excluding diaryl/α,β-unsaturated/α-hetero) is 1. The largest absolute Gasteiger partial charge is 0.392 e. The maximum Gasteiger partial charge on any atom is 0.336 e. The van der Waals surface area contributed by atoms with E-state index in [1.165, 1.54) is 12.1 Å². The summed E-state index contributed by atoms with van der Waals surface area (Å²) in [5, 5.41) is 18.3. The number of hydrogen-bond donors (Lipinski definition) is 3. The summed E-state index contributed by atoms with van der Waals surface area (Å²) < 4.78 is 0.0109. The number of likely N-dealkylation sites (N-methyl/N-ethyl adjacent to an activating group) is 1. The second-order valence-electron chi connectivity index (χ2n) is 5.34. The van der Waals surface area contributed by atoms with Gasteiger partial charge in [-0.3, -0.25) is 9.59 Å². The molecule has 0 spiro atoms. The molecule has 6 heteroatoms. The predicted octanol–water partition coefficient (Wildman–Crippen LogP) is -0.150. The van der Waals surface area contributed by atoms with E-state index in [2.05, 4.69) is 5.43 Å². The van der Waals surface area contributed by atoms with Gasteiger partial charge in [0.2, 0.25) is 0 Å². The van der Waals surface area contributed by atoms with Crippen LogP contribution in [0.1, 0.15) is 22.8 Å². The van der Waals surface area contributed by atoms with Crippen LogP contribution < -0.4 is 5.43 Å². The number of quaternary nitrogens is 1. The first-order valence-electron chi connectivity index (χ1n) is 6.33. The zero-order valence-electron chi connectivity index (χ0n) is 12.0. The van der Waals surface area contributed by atoms with E-state index in [0.717, 1.165) is 0 Å². The Labute approximate surface area is 118 Å². The smallest absolute Gasteiger partial charge is 0.336 e. The quantitative estimate of drug-likeness (QED) is 0.293. The third-order valence-electron chi connectivity index (χ3n) is 2.73. The maximum absolute atomic E-state index is 12.0. The lowest BCUT2D eigenvalue weighted by molar-refractivity contribution is -0.927. The Balaban J connectivity index is 2.73. The molecular formula is C14H21N2O4+. The van der Waals surface area contributed by atoms with E-state index in [9.17, 15) is 14.7 Å². The second kappa shape index (κ2) is 6.60. The van der Waals surface area contributed by atoms with Crippen LogP contribution in [0.2, 0.25) is 0 Å². The van der Waals surface area contributed by atoms with Crippen molar-refractivity contribution in [1.82, 2.24) is 5.43 Å². The van der Waals surface area contributed by atoms with Gasteiger partial charge in [0.25, 0.3) is 5.78 Å². The minimum absolute atomic E-state index is 0.0109. The molecule has 0 saturated heterocycles. The number of carbonyl (C=O) groups is 2. The molecule has 0 bridgehead atoms. The minimum Gasteiger partial charge on any atom is -0.392 e. The van der Waals surface area contributed by atoms with Crippen molar-refractivity contribution in [2.45, 2.75) is 19.6 Å². The van der Waals surface area contributed by atoms with E-state index in [-0.39, 0.29) is 16.8 Å². The van der Waals surface area contributed by atoms with Gasteiger partial charge in [-0.05, 0) is 12.5 Å². The van der Waals surface area contributed by atoms with Crippen LogP contribution in [0.25, 0.3) is 0 Å². The lowest BCUT2D eigenvalue weighted by Gasteiger charge is -2.29. The molecule has 1 atom stereocenters. The normalized spacial score (nSPS) is 12.8. The number of nitrogens with zero attached hydrogens (tertiary/aromatic N) is 1. The van der Waals surface area contributed by atoms with Gasteiger partial charge in [-0.1, -0.05) is 24.3 Å². The van der Waals surface area contributed by atoms with Crippen LogP contribution in [-0.2, 0) is 11.4 Å². The molecular weight excluding hydrogens is 260 g/mol. The van der Waals surface area contributed by atoms with Crippen LogP contribution in [0.4, 0.5) is 0 Å². The Morgan fingerprint density at radius 2 is 1.80 bits per heavy atom. The first-order chi connectivity index (χ1) is 9.25. The third-order valence-corrected chi connectivity index (χ3v) is 2.73. The third kappa shape index (κ3) is 4.73. The number of hydrogen-bond acceptors (Lipinski definition) is 4. The molecule has 1 aromatic rings. The van der Waals surface area contributed by atoms with Gasteiger partial charge in [0.05, 0.1) is 20.7 Å². The first kappa shape index (κ1) is 16.3. The van der Waals surface area contributed by atoms with Crippen molar-refractivity contribution < 1.29 is 24.4 Å². The molecule has 0 aliphatic rings. The number of benzene rings is 1. The highest BCUT2D eigenvalue weighted by Crippen LogP contribution is 2.06. The standard InChI is InChI=1S/C14H20N2O4/c1-10(18)8-16(2,3)15-14(20)13(19)12-6-4-11(9-17)5-7-12/h4-7,10,17-18H,8-9H2,1-3H3/p+1. The van der Waals surface area contributed by atoms with Crippen molar-refractivity contribution in [3.8, 4) is 0 Å². The molecule has 0 aliphatic carbocycles.